The third kappa shape index (κ3) is 3.36. The van der Waals surface area contributed by atoms with E-state index >= 15 is 0 Å². The third-order valence-corrected chi connectivity index (χ3v) is 1.96. The van der Waals surface area contributed by atoms with Crippen molar-refractivity contribution in [2.24, 2.45) is 0 Å². The summed E-state index contributed by atoms with van der Waals surface area (Å²) < 4.78 is 11.8. The molecule has 1 aromatic rings. The van der Waals surface area contributed by atoms with Crippen LogP contribution in [0.3, 0.4) is 0 Å². The number of hydrogen-bond acceptors (Lipinski definition) is 1. The highest BCUT2D eigenvalue weighted by Crippen LogP contribution is 2.05. The Morgan fingerprint density at radius 3 is 2.46 bits per heavy atom. The van der Waals surface area contributed by atoms with Crippen molar-refractivity contribution >= 4 is 5.78 Å². The Labute approximate surface area is 77.6 Å². The van der Waals surface area contributed by atoms with Gasteiger partial charge in [-0.25, -0.2) is 4.39 Å². The fraction of sp³-hybridized carbons (Fsp3) is 0.364. The molecule has 0 spiro atoms. The molecule has 0 aromatic heterocycles. The Balaban J connectivity index is 2.46. The van der Waals surface area contributed by atoms with E-state index in [9.17, 15) is 9.18 Å². The highest BCUT2D eigenvalue weighted by Gasteiger charge is 2.00. The molecule has 1 nitrogen and oxygen atoms in total. The van der Waals surface area contributed by atoms with Gasteiger partial charge in [-0.15, -0.1) is 0 Å². The van der Waals surface area contributed by atoms with Crippen LogP contribution in [0.25, 0.3) is 0 Å². The number of Topliss-reactive ketones (excluding diaryl/α,β-unsaturated/α-hetero) is 1. The summed E-state index contributed by atoms with van der Waals surface area (Å²) in [6.45, 7) is 1.17. The minimum atomic E-state index is -0.841. The van der Waals surface area contributed by atoms with Crippen molar-refractivity contribution in [1.29, 1.82) is 0 Å². The van der Waals surface area contributed by atoms with Crippen LogP contribution in [-0.4, -0.2) is 12.5 Å². The zero-order valence-electron chi connectivity index (χ0n) is 7.72. The molecule has 1 rings (SSSR count). The van der Waals surface area contributed by atoms with Gasteiger partial charge in [0.2, 0.25) is 0 Å². The van der Waals surface area contributed by atoms with Crippen molar-refractivity contribution in [2.45, 2.75) is 19.8 Å². The van der Waals surface area contributed by atoms with Crippen LogP contribution in [-0.2, 0) is 11.2 Å². The van der Waals surface area contributed by atoms with Crippen molar-refractivity contribution in [1.82, 2.24) is 0 Å². The van der Waals surface area contributed by atoms with Crippen LogP contribution in [0.1, 0.15) is 17.5 Å². The highest BCUT2D eigenvalue weighted by molar-refractivity contribution is 5.79. The van der Waals surface area contributed by atoms with Gasteiger partial charge in [0.15, 0.2) is 5.78 Å². The molecule has 0 amide bonds. The normalized spacial score (nSPS) is 10.0. The molecule has 0 radical (unpaired) electrons. The number of alkyl halides is 1. The van der Waals surface area contributed by atoms with Crippen LogP contribution < -0.4 is 0 Å². The Kier molecular flexibility index (Phi) is 3.62. The number of benzene rings is 1. The fourth-order valence-electron chi connectivity index (χ4n) is 1.11. The molecule has 0 bridgehead atoms. The Bertz CT molecular complexity index is 277. The lowest BCUT2D eigenvalue weighted by molar-refractivity contribution is -0.119. The number of rotatable bonds is 4. The topological polar surface area (TPSA) is 17.1 Å². The van der Waals surface area contributed by atoms with Crippen molar-refractivity contribution in [2.75, 3.05) is 6.67 Å². The average Bonchev–Trinajstić information content (AvgIpc) is 2.16. The largest absolute Gasteiger partial charge is 0.297 e. The second kappa shape index (κ2) is 4.75. The van der Waals surface area contributed by atoms with Gasteiger partial charge >= 0.3 is 0 Å². The van der Waals surface area contributed by atoms with E-state index in [-0.39, 0.29) is 5.78 Å². The van der Waals surface area contributed by atoms with Crippen LogP contribution in [0.5, 0.6) is 0 Å². The molecule has 0 unspecified atom stereocenters. The molecule has 0 atom stereocenters. The van der Waals surface area contributed by atoms with Crippen LogP contribution in [0.2, 0.25) is 0 Å². The third-order valence-electron chi connectivity index (χ3n) is 1.96. The minimum Gasteiger partial charge on any atom is -0.297 e. The van der Waals surface area contributed by atoms with E-state index in [2.05, 4.69) is 0 Å². The van der Waals surface area contributed by atoms with Crippen LogP contribution in [0.15, 0.2) is 24.3 Å². The first-order valence-corrected chi connectivity index (χ1v) is 4.35. The van der Waals surface area contributed by atoms with Crippen molar-refractivity contribution in [3.05, 3.63) is 35.4 Å². The average molecular weight is 180 g/mol. The van der Waals surface area contributed by atoms with Crippen LogP contribution >= 0.6 is 0 Å². The number of carbonyl (C=O) groups excluding carboxylic acids is 1. The van der Waals surface area contributed by atoms with Gasteiger partial charge in [0.25, 0.3) is 0 Å². The van der Waals surface area contributed by atoms with E-state index in [1.165, 1.54) is 5.56 Å². The van der Waals surface area contributed by atoms with Crippen LogP contribution in [0.4, 0.5) is 4.39 Å². The molecule has 0 fully saturated rings. The molecule has 0 N–H and O–H groups in total. The van der Waals surface area contributed by atoms with Crippen LogP contribution in [0, 0.1) is 6.92 Å². The lowest BCUT2D eigenvalue weighted by atomic mass is 10.1. The first kappa shape index (κ1) is 9.90. The van der Waals surface area contributed by atoms with E-state index in [0.29, 0.717) is 12.8 Å². The van der Waals surface area contributed by atoms with Gasteiger partial charge in [0.1, 0.15) is 6.67 Å². The van der Waals surface area contributed by atoms with Gasteiger partial charge in [-0.2, -0.15) is 0 Å². The Hall–Kier alpha value is -1.18. The highest BCUT2D eigenvalue weighted by atomic mass is 19.1. The van der Waals surface area contributed by atoms with Gasteiger partial charge < -0.3 is 0 Å². The van der Waals surface area contributed by atoms with E-state index in [1.54, 1.807) is 0 Å². The monoisotopic (exact) mass is 180 g/mol. The maximum Gasteiger partial charge on any atom is 0.164 e. The van der Waals surface area contributed by atoms with E-state index in [4.69, 9.17) is 0 Å². The smallest absolute Gasteiger partial charge is 0.164 e. The van der Waals surface area contributed by atoms with Crippen molar-refractivity contribution < 1.29 is 9.18 Å². The molecule has 0 aliphatic rings. The van der Waals surface area contributed by atoms with Gasteiger partial charge in [-0.3, -0.25) is 4.79 Å². The summed E-state index contributed by atoms with van der Waals surface area (Å²) in [4.78, 5) is 10.7. The summed E-state index contributed by atoms with van der Waals surface area (Å²) in [5.74, 6) is -0.319. The second-order valence-corrected chi connectivity index (χ2v) is 3.16. The molecule has 0 saturated carbocycles. The maximum absolute atomic E-state index is 11.8. The second-order valence-electron chi connectivity index (χ2n) is 3.16. The molecule has 0 aliphatic heterocycles. The predicted octanol–water partition coefficient (Wildman–Crippen LogP) is 2.47. The zero-order chi connectivity index (χ0) is 9.68. The summed E-state index contributed by atoms with van der Waals surface area (Å²) >= 11 is 0. The molecule has 0 aliphatic carbocycles. The molecule has 1 aromatic carbocycles. The van der Waals surface area contributed by atoms with Gasteiger partial charge in [0, 0.05) is 6.42 Å². The molecule has 0 heterocycles. The first-order chi connectivity index (χ1) is 6.22. The lowest BCUT2D eigenvalue weighted by Gasteiger charge is -1.99. The maximum atomic E-state index is 11.8. The predicted molar refractivity (Wildman–Crippen MR) is 50.5 cm³/mol. The van der Waals surface area contributed by atoms with Gasteiger partial charge in [-0.05, 0) is 18.9 Å². The van der Waals surface area contributed by atoms with Gasteiger partial charge in [-0.1, -0.05) is 29.8 Å². The van der Waals surface area contributed by atoms with Crippen molar-refractivity contribution in [3.8, 4) is 0 Å². The van der Waals surface area contributed by atoms with Crippen molar-refractivity contribution in [3.63, 3.8) is 0 Å². The summed E-state index contributed by atoms with van der Waals surface area (Å²) in [6.07, 6.45) is 0.947. The summed E-state index contributed by atoms with van der Waals surface area (Å²) in [7, 11) is 0. The molecule has 70 valence electrons. The standard InChI is InChI=1S/C11H13FO/c1-9-2-4-10(5-3-9)6-7-11(13)8-12/h2-5H,6-8H2,1H3. The molecule has 0 saturated heterocycles. The number of hydrogen-bond donors (Lipinski definition) is 0. The summed E-state index contributed by atoms with van der Waals surface area (Å²) in [6, 6.07) is 7.94. The molecule has 2 heteroatoms. The zero-order valence-corrected chi connectivity index (χ0v) is 7.72. The molecular formula is C11H13FO. The quantitative estimate of drug-likeness (QED) is 0.695. The fourth-order valence-corrected chi connectivity index (χ4v) is 1.11. The van der Waals surface area contributed by atoms with E-state index < -0.39 is 6.67 Å². The Morgan fingerprint density at radius 1 is 1.31 bits per heavy atom. The SMILES string of the molecule is Cc1ccc(CCC(=O)CF)cc1. The number of carbonyl (C=O) groups is 1. The number of aryl methyl sites for hydroxylation is 2. The first-order valence-electron chi connectivity index (χ1n) is 4.35. The minimum absolute atomic E-state index is 0.305. The van der Waals surface area contributed by atoms with E-state index in [1.807, 2.05) is 31.2 Å². The molecular weight excluding hydrogens is 167 g/mol. The van der Waals surface area contributed by atoms with Gasteiger partial charge in [0.05, 0.1) is 0 Å². The Morgan fingerprint density at radius 2 is 1.92 bits per heavy atom. The lowest BCUT2D eigenvalue weighted by Crippen LogP contribution is -2.01. The summed E-state index contributed by atoms with van der Waals surface area (Å²) in [5, 5.41) is 0. The summed E-state index contributed by atoms with van der Waals surface area (Å²) in [5.41, 5.74) is 2.29. The number of ketones is 1. The number of halogens is 1. The van der Waals surface area contributed by atoms with E-state index in [0.717, 1.165) is 5.56 Å². The molecule has 13 heavy (non-hydrogen) atoms.